The number of benzene rings is 2. The molecule has 4 heteroatoms. The zero-order valence-electron chi connectivity index (χ0n) is 10.4. The molecule has 0 aromatic heterocycles. The first kappa shape index (κ1) is 14.2. The molecule has 0 bridgehead atoms. The van der Waals surface area contributed by atoms with Gasteiger partial charge in [0, 0.05) is 0 Å². The number of halogens is 2. The van der Waals surface area contributed by atoms with Crippen LogP contribution >= 0.6 is 23.2 Å². The molecule has 0 saturated heterocycles. The van der Waals surface area contributed by atoms with Gasteiger partial charge in [-0.1, -0.05) is 48.3 Å². The van der Waals surface area contributed by atoms with Gasteiger partial charge in [-0.25, -0.2) is 0 Å². The first-order chi connectivity index (χ1) is 9.11. The normalized spacial score (nSPS) is 12.2. The molecule has 0 amide bonds. The van der Waals surface area contributed by atoms with Crippen molar-refractivity contribution in [1.82, 2.24) is 0 Å². The smallest absolute Gasteiger partial charge is 0.147 e. The highest BCUT2D eigenvalue weighted by atomic mass is 35.5. The van der Waals surface area contributed by atoms with E-state index >= 15 is 0 Å². The average Bonchev–Trinajstić information content (AvgIpc) is 2.44. The maximum atomic E-state index is 9.71. The second kappa shape index (κ2) is 6.29. The van der Waals surface area contributed by atoms with Crippen molar-refractivity contribution in [2.75, 3.05) is 0 Å². The Hall–Kier alpha value is -1.22. The lowest BCUT2D eigenvalue weighted by molar-refractivity contribution is 0.173. The van der Waals surface area contributed by atoms with Crippen LogP contribution in [0.15, 0.2) is 42.5 Å². The van der Waals surface area contributed by atoms with Gasteiger partial charge in [-0.3, -0.25) is 0 Å². The van der Waals surface area contributed by atoms with Crippen LogP contribution in [0.3, 0.4) is 0 Å². The third-order valence-corrected chi connectivity index (χ3v) is 3.60. The van der Waals surface area contributed by atoms with Crippen LogP contribution in [0.5, 0.6) is 11.5 Å². The highest BCUT2D eigenvalue weighted by Gasteiger charge is 2.08. The molecule has 19 heavy (non-hydrogen) atoms. The van der Waals surface area contributed by atoms with Crippen LogP contribution in [0.4, 0.5) is 0 Å². The van der Waals surface area contributed by atoms with E-state index < -0.39 is 6.10 Å². The number of rotatable bonds is 4. The Morgan fingerprint density at radius 3 is 2.42 bits per heavy atom. The van der Waals surface area contributed by atoms with Gasteiger partial charge in [-0.15, -0.1) is 0 Å². The van der Waals surface area contributed by atoms with Crippen LogP contribution in [-0.2, 0) is 0 Å². The molecule has 1 N–H and O–H groups in total. The fourth-order valence-electron chi connectivity index (χ4n) is 1.68. The van der Waals surface area contributed by atoms with E-state index in [1.54, 1.807) is 30.3 Å². The minimum atomic E-state index is -0.441. The molecule has 0 heterocycles. The quantitative estimate of drug-likeness (QED) is 0.837. The third kappa shape index (κ3) is 3.41. The summed E-state index contributed by atoms with van der Waals surface area (Å²) in [4.78, 5) is 0. The SMILES string of the molecule is CC[C@H](O)c1ccc(Oc2cccc(Cl)c2Cl)cc1. The Kier molecular flexibility index (Phi) is 4.70. The van der Waals surface area contributed by atoms with E-state index in [0.29, 0.717) is 28.0 Å². The van der Waals surface area contributed by atoms with Crippen LogP contribution in [0, 0.1) is 0 Å². The molecular weight excluding hydrogens is 283 g/mol. The predicted molar refractivity (Wildman–Crippen MR) is 78.2 cm³/mol. The predicted octanol–water partition coefficient (Wildman–Crippen LogP) is 5.23. The third-order valence-electron chi connectivity index (χ3n) is 2.80. The standard InChI is InChI=1S/C15H14Cl2O2/c1-2-13(18)10-6-8-11(9-7-10)19-14-5-3-4-12(16)15(14)17/h3-9,13,18H,2H2,1H3/t13-/m0/s1. The highest BCUT2D eigenvalue weighted by molar-refractivity contribution is 6.42. The summed E-state index contributed by atoms with van der Waals surface area (Å²) in [5, 5.41) is 10.6. The fourth-order valence-corrected chi connectivity index (χ4v) is 2.01. The number of ether oxygens (including phenoxy) is 1. The van der Waals surface area contributed by atoms with Gasteiger partial charge in [0.05, 0.1) is 11.1 Å². The van der Waals surface area contributed by atoms with Crippen molar-refractivity contribution in [2.45, 2.75) is 19.4 Å². The maximum Gasteiger partial charge on any atom is 0.147 e. The van der Waals surface area contributed by atoms with Gasteiger partial charge >= 0.3 is 0 Å². The zero-order valence-corrected chi connectivity index (χ0v) is 11.9. The van der Waals surface area contributed by atoms with Crippen LogP contribution in [0.1, 0.15) is 25.0 Å². The highest BCUT2D eigenvalue weighted by Crippen LogP contribution is 2.34. The summed E-state index contributed by atoms with van der Waals surface area (Å²) >= 11 is 12.0. The van der Waals surface area contributed by atoms with Crippen LogP contribution in [-0.4, -0.2) is 5.11 Å². The monoisotopic (exact) mass is 296 g/mol. The van der Waals surface area contributed by atoms with Crippen molar-refractivity contribution in [1.29, 1.82) is 0 Å². The molecule has 2 nitrogen and oxygen atoms in total. The Bertz CT molecular complexity index is 553. The van der Waals surface area contributed by atoms with E-state index in [9.17, 15) is 5.11 Å². The van der Waals surface area contributed by atoms with Crippen LogP contribution < -0.4 is 4.74 Å². The minimum Gasteiger partial charge on any atom is -0.456 e. The first-order valence-electron chi connectivity index (χ1n) is 6.01. The molecule has 2 aromatic carbocycles. The van der Waals surface area contributed by atoms with Gasteiger partial charge < -0.3 is 9.84 Å². The number of hydrogen-bond donors (Lipinski definition) is 1. The molecule has 0 aliphatic rings. The summed E-state index contributed by atoms with van der Waals surface area (Å²) in [5.74, 6) is 1.16. The van der Waals surface area contributed by atoms with Crippen molar-refractivity contribution < 1.29 is 9.84 Å². The average molecular weight is 297 g/mol. The molecule has 0 spiro atoms. The van der Waals surface area contributed by atoms with Crippen LogP contribution in [0.25, 0.3) is 0 Å². The first-order valence-corrected chi connectivity index (χ1v) is 6.77. The van der Waals surface area contributed by atoms with E-state index in [-0.39, 0.29) is 0 Å². The molecule has 0 aliphatic heterocycles. The molecule has 0 unspecified atom stereocenters. The van der Waals surface area contributed by atoms with E-state index in [2.05, 4.69) is 0 Å². The van der Waals surface area contributed by atoms with E-state index in [1.807, 2.05) is 19.1 Å². The summed E-state index contributed by atoms with van der Waals surface area (Å²) in [5.41, 5.74) is 0.868. The van der Waals surface area contributed by atoms with Gasteiger partial charge in [0.1, 0.15) is 16.5 Å². The van der Waals surface area contributed by atoms with Crippen molar-refractivity contribution in [3.8, 4) is 11.5 Å². The molecule has 100 valence electrons. The van der Waals surface area contributed by atoms with Crippen molar-refractivity contribution in [2.24, 2.45) is 0 Å². The van der Waals surface area contributed by atoms with Gasteiger partial charge in [-0.2, -0.15) is 0 Å². The van der Waals surface area contributed by atoms with Gasteiger partial charge in [0.2, 0.25) is 0 Å². The largest absolute Gasteiger partial charge is 0.456 e. The van der Waals surface area contributed by atoms with E-state index in [1.165, 1.54) is 0 Å². The minimum absolute atomic E-state index is 0.391. The molecule has 0 aliphatic carbocycles. The zero-order chi connectivity index (χ0) is 13.8. The Morgan fingerprint density at radius 2 is 1.79 bits per heavy atom. The molecule has 0 fully saturated rings. The topological polar surface area (TPSA) is 29.5 Å². The number of aliphatic hydroxyl groups excluding tert-OH is 1. The maximum absolute atomic E-state index is 9.71. The van der Waals surface area contributed by atoms with Crippen molar-refractivity contribution >= 4 is 23.2 Å². The van der Waals surface area contributed by atoms with Crippen molar-refractivity contribution in [3.63, 3.8) is 0 Å². The van der Waals surface area contributed by atoms with Crippen molar-refractivity contribution in [3.05, 3.63) is 58.1 Å². The Labute approximate surface area is 122 Å². The second-order valence-electron chi connectivity index (χ2n) is 4.15. The van der Waals surface area contributed by atoms with Gasteiger partial charge in [0.25, 0.3) is 0 Å². The second-order valence-corrected chi connectivity index (χ2v) is 4.93. The van der Waals surface area contributed by atoms with Crippen LogP contribution in [0.2, 0.25) is 10.0 Å². The number of hydrogen-bond acceptors (Lipinski definition) is 2. The summed E-state index contributed by atoms with van der Waals surface area (Å²) in [6.07, 6.45) is 0.240. The molecule has 1 atom stereocenters. The molecule has 0 radical (unpaired) electrons. The lowest BCUT2D eigenvalue weighted by Gasteiger charge is -2.11. The Balaban J connectivity index is 2.18. The molecule has 2 rings (SSSR count). The molecule has 2 aromatic rings. The summed E-state index contributed by atoms with van der Waals surface area (Å²) in [6.45, 7) is 1.93. The molecule has 0 saturated carbocycles. The number of aliphatic hydroxyl groups is 1. The summed E-state index contributed by atoms with van der Waals surface area (Å²) in [6, 6.07) is 12.5. The fraction of sp³-hybridized carbons (Fsp3) is 0.200. The molecular formula is C15H14Cl2O2. The van der Waals surface area contributed by atoms with Gasteiger partial charge in [-0.05, 0) is 36.2 Å². The van der Waals surface area contributed by atoms with E-state index in [4.69, 9.17) is 27.9 Å². The summed E-state index contributed by atoms with van der Waals surface area (Å²) in [7, 11) is 0. The summed E-state index contributed by atoms with van der Waals surface area (Å²) < 4.78 is 5.66. The Morgan fingerprint density at radius 1 is 1.11 bits per heavy atom. The van der Waals surface area contributed by atoms with E-state index in [0.717, 1.165) is 5.56 Å². The lowest BCUT2D eigenvalue weighted by Crippen LogP contribution is -1.94. The van der Waals surface area contributed by atoms with Gasteiger partial charge in [0.15, 0.2) is 0 Å². The lowest BCUT2D eigenvalue weighted by atomic mass is 10.1.